The lowest BCUT2D eigenvalue weighted by atomic mass is 10.3. The average Bonchev–Trinajstić information content (AvgIpc) is 2.33. The van der Waals surface area contributed by atoms with Gasteiger partial charge in [0.2, 0.25) is 10.0 Å². The smallest absolute Gasteiger partial charge is 0.258 e. The Morgan fingerprint density at radius 2 is 2.21 bits per heavy atom. The Kier molecular flexibility index (Phi) is 4.86. The summed E-state index contributed by atoms with van der Waals surface area (Å²) in [6.45, 7) is -0.441. The molecule has 0 aliphatic carbocycles. The highest BCUT2D eigenvalue weighted by Crippen LogP contribution is 2.23. The molecule has 0 atom stereocenters. The molecule has 8 heteroatoms. The summed E-state index contributed by atoms with van der Waals surface area (Å²) >= 11 is 0. The van der Waals surface area contributed by atoms with Gasteiger partial charge in [-0.2, -0.15) is 0 Å². The number of terminal acetylenes is 1. The minimum Gasteiger partial charge on any atom is -0.482 e. The average molecular weight is 286 g/mol. The van der Waals surface area contributed by atoms with Gasteiger partial charge in [-0.15, -0.1) is 6.42 Å². The Morgan fingerprint density at radius 1 is 1.53 bits per heavy atom. The monoisotopic (exact) mass is 286 g/mol. The highest BCUT2D eigenvalue weighted by molar-refractivity contribution is 7.89. The summed E-state index contributed by atoms with van der Waals surface area (Å²) in [7, 11) is -4.15. The minimum absolute atomic E-state index is 0.0215. The maximum atomic E-state index is 13.0. The zero-order valence-corrected chi connectivity index (χ0v) is 10.5. The van der Waals surface area contributed by atoms with Crippen LogP contribution in [0.4, 0.5) is 4.39 Å². The van der Waals surface area contributed by atoms with E-state index in [1.54, 1.807) is 0 Å². The SMILES string of the molecule is C#CCNC(=O)COc1ccc(F)cc1S(N)(=O)=O. The molecule has 1 aromatic carbocycles. The maximum absolute atomic E-state index is 13.0. The van der Waals surface area contributed by atoms with E-state index in [9.17, 15) is 17.6 Å². The molecular formula is C11H11FN2O4S. The third-order valence-corrected chi connectivity index (χ3v) is 2.89. The van der Waals surface area contributed by atoms with Crippen LogP contribution in [0.2, 0.25) is 0 Å². The van der Waals surface area contributed by atoms with Gasteiger partial charge in [-0.3, -0.25) is 4.79 Å². The Hall–Kier alpha value is -2.11. The van der Waals surface area contributed by atoms with Crippen LogP contribution in [0.3, 0.4) is 0 Å². The maximum Gasteiger partial charge on any atom is 0.258 e. The van der Waals surface area contributed by atoms with E-state index in [0.717, 1.165) is 12.1 Å². The molecule has 19 heavy (non-hydrogen) atoms. The lowest BCUT2D eigenvalue weighted by Crippen LogP contribution is -2.29. The number of sulfonamides is 1. The molecule has 0 radical (unpaired) electrons. The van der Waals surface area contributed by atoms with E-state index in [0.29, 0.717) is 6.07 Å². The number of hydrogen-bond donors (Lipinski definition) is 2. The van der Waals surface area contributed by atoms with Gasteiger partial charge in [0.25, 0.3) is 5.91 Å². The molecule has 102 valence electrons. The lowest BCUT2D eigenvalue weighted by molar-refractivity contribution is -0.122. The fourth-order valence-corrected chi connectivity index (χ4v) is 1.85. The van der Waals surface area contributed by atoms with Crippen LogP contribution in [-0.2, 0) is 14.8 Å². The molecule has 0 bridgehead atoms. The Morgan fingerprint density at radius 3 is 2.79 bits per heavy atom. The molecule has 0 saturated heterocycles. The van der Waals surface area contributed by atoms with Crippen molar-refractivity contribution in [3.63, 3.8) is 0 Å². The molecule has 0 heterocycles. The minimum atomic E-state index is -4.15. The summed E-state index contributed by atoms with van der Waals surface area (Å²) in [6.07, 6.45) is 4.94. The molecular weight excluding hydrogens is 275 g/mol. The number of hydrogen-bond acceptors (Lipinski definition) is 4. The molecule has 0 spiro atoms. The van der Waals surface area contributed by atoms with Crippen molar-refractivity contribution in [1.29, 1.82) is 0 Å². The van der Waals surface area contributed by atoms with E-state index in [4.69, 9.17) is 16.3 Å². The summed E-state index contributed by atoms with van der Waals surface area (Å²) in [5.41, 5.74) is 0. The van der Waals surface area contributed by atoms with Crippen LogP contribution in [-0.4, -0.2) is 27.5 Å². The first kappa shape index (κ1) is 14.9. The summed E-state index contributed by atoms with van der Waals surface area (Å²) < 4.78 is 40.4. The zero-order chi connectivity index (χ0) is 14.5. The summed E-state index contributed by atoms with van der Waals surface area (Å²) in [6, 6.07) is 2.77. The second-order valence-corrected chi connectivity index (χ2v) is 4.94. The van der Waals surface area contributed by atoms with E-state index in [1.807, 2.05) is 0 Å². The van der Waals surface area contributed by atoms with Gasteiger partial charge in [0.05, 0.1) is 6.54 Å². The Bertz CT molecular complexity index is 622. The highest BCUT2D eigenvalue weighted by Gasteiger charge is 2.17. The fraction of sp³-hybridized carbons (Fsp3) is 0.182. The lowest BCUT2D eigenvalue weighted by Gasteiger charge is -2.09. The number of primary sulfonamides is 1. The second kappa shape index (κ2) is 6.17. The van der Waals surface area contributed by atoms with E-state index < -0.39 is 33.3 Å². The van der Waals surface area contributed by atoms with E-state index in [2.05, 4.69) is 11.2 Å². The van der Waals surface area contributed by atoms with Crippen molar-refractivity contribution in [3.8, 4) is 18.1 Å². The molecule has 6 nitrogen and oxygen atoms in total. The van der Waals surface area contributed by atoms with Crippen molar-refractivity contribution in [2.75, 3.05) is 13.2 Å². The van der Waals surface area contributed by atoms with E-state index in [1.165, 1.54) is 0 Å². The molecule has 1 rings (SSSR count). The summed E-state index contributed by atoms with van der Waals surface area (Å²) in [4.78, 5) is 10.7. The van der Waals surface area contributed by atoms with Gasteiger partial charge in [-0.1, -0.05) is 5.92 Å². The normalized spacial score (nSPS) is 10.6. The Balaban J connectivity index is 2.85. The van der Waals surface area contributed by atoms with Crippen molar-refractivity contribution < 1.29 is 22.3 Å². The first-order chi connectivity index (χ1) is 8.84. The number of ether oxygens (including phenoxy) is 1. The predicted molar refractivity (Wildman–Crippen MR) is 65.1 cm³/mol. The van der Waals surface area contributed by atoms with Gasteiger partial charge in [0.15, 0.2) is 6.61 Å². The number of nitrogens with one attached hydrogen (secondary N) is 1. The van der Waals surface area contributed by atoms with E-state index in [-0.39, 0.29) is 12.3 Å². The molecule has 0 fully saturated rings. The number of carbonyl (C=O) groups excluding carboxylic acids is 1. The number of rotatable bonds is 5. The van der Waals surface area contributed by atoms with Crippen LogP contribution in [0.1, 0.15) is 0 Å². The largest absolute Gasteiger partial charge is 0.482 e. The summed E-state index contributed by atoms with van der Waals surface area (Å²) in [5, 5.41) is 7.23. The number of halogens is 1. The fourth-order valence-electron chi connectivity index (χ4n) is 1.17. The highest BCUT2D eigenvalue weighted by atomic mass is 32.2. The van der Waals surface area contributed by atoms with Crippen LogP contribution in [0.15, 0.2) is 23.1 Å². The topological polar surface area (TPSA) is 98.5 Å². The predicted octanol–water partition coefficient (Wildman–Crippen LogP) is -0.399. The van der Waals surface area contributed by atoms with Gasteiger partial charge in [-0.05, 0) is 18.2 Å². The summed E-state index contributed by atoms with van der Waals surface area (Å²) in [5.74, 6) is 0.655. The van der Waals surface area contributed by atoms with Gasteiger partial charge in [-0.25, -0.2) is 17.9 Å². The zero-order valence-electron chi connectivity index (χ0n) is 9.72. The second-order valence-electron chi connectivity index (χ2n) is 3.41. The van der Waals surface area contributed by atoms with Crippen LogP contribution in [0.5, 0.6) is 5.75 Å². The van der Waals surface area contributed by atoms with Crippen molar-refractivity contribution in [1.82, 2.24) is 5.32 Å². The quantitative estimate of drug-likeness (QED) is 0.720. The van der Waals surface area contributed by atoms with Gasteiger partial charge in [0.1, 0.15) is 16.5 Å². The van der Waals surface area contributed by atoms with Gasteiger partial charge >= 0.3 is 0 Å². The first-order valence-electron chi connectivity index (χ1n) is 5.00. The molecule has 0 aromatic heterocycles. The first-order valence-corrected chi connectivity index (χ1v) is 6.54. The third-order valence-electron chi connectivity index (χ3n) is 1.96. The molecule has 0 aliphatic rings. The van der Waals surface area contributed by atoms with Crippen LogP contribution < -0.4 is 15.2 Å². The molecule has 0 saturated carbocycles. The van der Waals surface area contributed by atoms with Crippen molar-refractivity contribution >= 4 is 15.9 Å². The molecule has 3 N–H and O–H groups in total. The van der Waals surface area contributed by atoms with Crippen LogP contribution in [0, 0.1) is 18.2 Å². The standard InChI is InChI=1S/C11H11FN2O4S/c1-2-5-14-11(15)7-18-9-4-3-8(12)6-10(9)19(13,16)17/h1,3-4,6H,5,7H2,(H,14,15)(H2,13,16,17). The molecule has 1 amide bonds. The Labute approximate surface area is 109 Å². The van der Waals surface area contributed by atoms with Crippen LogP contribution >= 0.6 is 0 Å². The van der Waals surface area contributed by atoms with Crippen LogP contribution in [0.25, 0.3) is 0 Å². The number of carbonyl (C=O) groups is 1. The van der Waals surface area contributed by atoms with Crippen molar-refractivity contribution in [2.45, 2.75) is 4.90 Å². The number of nitrogens with two attached hydrogens (primary N) is 1. The van der Waals surface area contributed by atoms with Crippen molar-refractivity contribution in [3.05, 3.63) is 24.0 Å². The number of benzene rings is 1. The molecule has 0 aliphatic heterocycles. The van der Waals surface area contributed by atoms with Crippen molar-refractivity contribution in [2.24, 2.45) is 5.14 Å². The molecule has 1 aromatic rings. The number of amides is 1. The molecule has 0 unspecified atom stereocenters. The van der Waals surface area contributed by atoms with E-state index >= 15 is 0 Å². The van der Waals surface area contributed by atoms with Gasteiger partial charge < -0.3 is 10.1 Å². The van der Waals surface area contributed by atoms with Gasteiger partial charge in [0, 0.05) is 0 Å². The third kappa shape index (κ3) is 4.57.